The van der Waals surface area contributed by atoms with Gasteiger partial charge in [-0.15, -0.1) is 0 Å². The van der Waals surface area contributed by atoms with Crippen LogP contribution in [0.4, 0.5) is 11.5 Å². The van der Waals surface area contributed by atoms with E-state index in [1.165, 1.54) is 0 Å². The number of nitrogens with two attached hydrogens (primary N) is 1. The highest BCUT2D eigenvalue weighted by Gasteiger charge is 2.05. The summed E-state index contributed by atoms with van der Waals surface area (Å²) in [7, 11) is 0. The summed E-state index contributed by atoms with van der Waals surface area (Å²) in [6.45, 7) is 2.26. The van der Waals surface area contributed by atoms with Gasteiger partial charge in [-0.05, 0) is 18.9 Å². The summed E-state index contributed by atoms with van der Waals surface area (Å²) in [4.78, 5) is 4.14. The maximum Gasteiger partial charge on any atom is 0.128 e. The van der Waals surface area contributed by atoms with Gasteiger partial charge in [-0.25, -0.2) is 4.98 Å². The fourth-order valence-electron chi connectivity index (χ4n) is 1.27. The lowest BCUT2D eigenvalue weighted by atomic mass is 10.1. The van der Waals surface area contributed by atoms with Gasteiger partial charge in [0.05, 0.1) is 0 Å². The summed E-state index contributed by atoms with van der Waals surface area (Å²) < 4.78 is 0. The number of aromatic nitrogens is 1. The second kappa shape index (κ2) is 5.44. The van der Waals surface area contributed by atoms with E-state index < -0.39 is 0 Å². The summed E-state index contributed by atoms with van der Waals surface area (Å²) in [6, 6.07) is 3.80. The van der Waals surface area contributed by atoms with Gasteiger partial charge in [-0.3, -0.25) is 0 Å². The number of hydrogen-bond donors (Lipinski definition) is 3. The van der Waals surface area contributed by atoms with E-state index in [-0.39, 0.29) is 12.6 Å². The van der Waals surface area contributed by atoms with Crippen LogP contribution in [0.1, 0.15) is 19.8 Å². The monoisotopic (exact) mass is 195 g/mol. The number of anilines is 2. The number of hydrogen-bond acceptors (Lipinski definition) is 4. The Hall–Kier alpha value is -1.29. The van der Waals surface area contributed by atoms with Gasteiger partial charge in [0.25, 0.3) is 0 Å². The Morgan fingerprint density at radius 2 is 2.43 bits per heavy atom. The zero-order valence-corrected chi connectivity index (χ0v) is 8.40. The molecule has 4 nitrogen and oxygen atoms in total. The number of rotatable bonds is 5. The maximum atomic E-state index is 8.82. The van der Waals surface area contributed by atoms with Crippen LogP contribution in [0.3, 0.4) is 0 Å². The van der Waals surface area contributed by atoms with E-state index in [0.29, 0.717) is 5.69 Å². The lowest BCUT2D eigenvalue weighted by Crippen LogP contribution is -2.20. The average molecular weight is 195 g/mol. The highest BCUT2D eigenvalue weighted by atomic mass is 16.3. The molecule has 78 valence electrons. The van der Waals surface area contributed by atoms with Crippen molar-refractivity contribution in [1.82, 2.24) is 4.98 Å². The van der Waals surface area contributed by atoms with Crippen LogP contribution in [0.25, 0.3) is 0 Å². The summed E-state index contributed by atoms with van der Waals surface area (Å²) in [5.74, 6) is 0.769. The number of aliphatic hydroxyl groups is 1. The first-order chi connectivity index (χ1) is 6.76. The third-order valence-electron chi connectivity index (χ3n) is 2.11. The number of aliphatic hydroxyl groups excluding tert-OH is 1. The lowest BCUT2D eigenvalue weighted by Gasteiger charge is -2.16. The van der Waals surface area contributed by atoms with Crippen molar-refractivity contribution in [3.05, 3.63) is 18.3 Å². The van der Waals surface area contributed by atoms with Crippen molar-refractivity contribution >= 4 is 11.5 Å². The summed E-state index contributed by atoms with van der Waals surface area (Å²) >= 11 is 0. The van der Waals surface area contributed by atoms with Gasteiger partial charge in [0.15, 0.2) is 0 Å². The van der Waals surface area contributed by atoms with Crippen molar-refractivity contribution in [2.75, 3.05) is 17.7 Å². The minimum absolute atomic E-state index is 0.188. The Labute approximate surface area is 84.2 Å². The first-order valence-corrected chi connectivity index (χ1v) is 4.85. The van der Waals surface area contributed by atoms with E-state index in [1.807, 2.05) is 0 Å². The maximum absolute atomic E-state index is 8.82. The molecular formula is C10H17N3O. The van der Waals surface area contributed by atoms with Crippen molar-refractivity contribution in [1.29, 1.82) is 0 Å². The first-order valence-electron chi connectivity index (χ1n) is 4.85. The van der Waals surface area contributed by atoms with Gasteiger partial charge < -0.3 is 16.2 Å². The summed E-state index contributed by atoms with van der Waals surface area (Å²) in [5.41, 5.74) is 6.32. The Morgan fingerprint density at radius 1 is 1.64 bits per heavy atom. The largest absolute Gasteiger partial charge is 0.399 e. The Balaban J connectivity index is 2.57. The number of nitrogens with zero attached hydrogens (tertiary/aromatic N) is 1. The molecular weight excluding hydrogens is 178 g/mol. The van der Waals surface area contributed by atoms with Crippen LogP contribution in [0.15, 0.2) is 18.3 Å². The average Bonchev–Trinajstić information content (AvgIpc) is 2.17. The molecule has 1 atom stereocenters. The molecule has 1 rings (SSSR count). The third kappa shape index (κ3) is 3.22. The predicted molar refractivity (Wildman–Crippen MR) is 58.1 cm³/mol. The van der Waals surface area contributed by atoms with Crippen molar-refractivity contribution < 1.29 is 5.11 Å². The lowest BCUT2D eigenvalue weighted by molar-refractivity contribution is 0.278. The molecule has 0 amide bonds. The molecule has 14 heavy (non-hydrogen) atoms. The van der Waals surface area contributed by atoms with Crippen LogP contribution < -0.4 is 11.1 Å². The summed E-state index contributed by atoms with van der Waals surface area (Å²) in [5, 5.41) is 12.0. The molecule has 0 fully saturated rings. The SMILES string of the molecule is CCC(CCO)Nc1cc(N)ccn1. The van der Waals surface area contributed by atoms with Gasteiger partial charge in [-0.2, -0.15) is 0 Å². The van der Waals surface area contributed by atoms with Crippen molar-refractivity contribution in [3.8, 4) is 0 Å². The predicted octanol–water partition coefficient (Wildman–Crippen LogP) is 1.24. The molecule has 1 aromatic heterocycles. The topological polar surface area (TPSA) is 71.2 Å². The van der Waals surface area contributed by atoms with E-state index in [1.54, 1.807) is 18.3 Å². The van der Waals surface area contributed by atoms with Gasteiger partial charge in [0, 0.05) is 30.6 Å². The Kier molecular flexibility index (Phi) is 4.19. The number of pyridine rings is 1. The molecule has 1 unspecified atom stereocenters. The molecule has 4 heteroatoms. The molecule has 0 aliphatic rings. The van der Waals surface area contributed by atoms with Crippen LogP contribution in [-0.2, 0) is 0 Å². The molecule has 0 bridgehead atoms. The summed E-state index contributed by atoms with van der Waals surface area (Å²) in [6.07, 6.45) is 3.35. The molecule has 0 saturated heterocycles. The van der Waals surface area contributed by atoms with E-state index in [4.69, 9.17) is 10.8 Å². The zero-order valence-electron chi connectivity index (χ0n) is 8.40. The normalized spacial score (nSPS) is 12.4. The van der Waals surface area contributed by atoms with E-state index in [2.05, 4.69) is 17.2 Å². The van der Waals surface area contributed by atoms with Crippen molar-refractivity contribution in [3.63, 3.8) is 0 Å². The second-order valence-corrected chi connectivity index (χ2v) is 3.24. The minimum Gasteiger partial charge on any atom is -0.399 e. The number of nitrogens with one attached hydrogen (secondary N) is 1. The highest BCUT2D eigenvalue weighted by molar-refractivity contribution is 5.48. The smallest absolute Gasteiger partial charge is 0.128 e. The molecule has 0 aliphatic heterocycles. The van der Waals surface area contributed by atoms with Crippen molar-refractivity contribution in [2.24, 2.45) is 0 Å². The Morgan fingerprint density at radius 3 is 3.00 bits per heavy atom. The molecule has 0 aliphatic carbocycles. The van der Waals surface area contributed by atoms with Gasteiger partial charge in [0.1, 0.15) is 5.82 Å². The molecule has 0 radical (unpaired) electrons. The van der Waals surface area contributed by atoms with E-state index in [9.17, 15) is 0 Å². The first kappa shape index (κ1) is 10.8. The fraction of sp³-hybridized carbons (Fsp3) is 0.500. The molecule has 0 spiro atoms. The fourth-order valence-corrected chi connectivity index (χ4v) is 1.27. The molecule has 1 heterocycles. The van der Waals surface area contributed by atoms with Crippen LogP contribution in [0.5, 0.6) is 0 Å². The molecule has 0 saturated carbocycles. The minimum atomic E-state index is 0.188. The molecule has 4 N–H and O–H groups in total. The van der Waals surface area contributed by atoms with Crippen LogP contribution in [0, 0.1) is 0 Å². The van der Waals surface area contributed by atoms with E-state index >= 15 is 0 Å². The van der Waals surface area contributed by atoms with E-state index in [0.717, 1.165) is 18.7 Å². The standard InChI is InChI=1S/C10H17N3O/c1-2-9(4-6-14)13-10-7-8(11)3-5-12-10/h3,5,7,9,14H,2,4,6H2,1H3,(H3,11,12,13). The molecule has 0 aromatic carbocycles. The van der Waals surface area contributed by atoms with Gasteiger partial charge in [-0.1, -0.05) is 6.92 Å². The Bertz CT molecular complexity index is 278. The van der Waals surface area contributed by atoms with Crippen LogP contribution in [-0.4, -0.2) is 22.7 Å². The van der Waals surface area contributed by atoms with Crippen molar-refractivity contribution in [2.45, 2.75) is 25.8 Å². The second-order valence-electron chi connectivity index (χ2n) is 3.24. The van der Waals surface area contributed by atoms with Gasteiger partial charge >= 0.3 is 0 Å². The highest BCUT2D eigenvalue weighted by Crippen LogP contribution is 2.11. The van der Waals surface area contributed by atoms with Crippen LogP contribution >= 0.6 is 0 Å². The van der Waals surface area contributed by atoms with Gasteiger partial charge in [0.2, 0.25) is 0 Å². The molecule has 1 aromatic rings. The quantitative estimate of drug-likeness (QED) is 0.661. The number of nitrogen functional groups attached to an aromatic ring is 1. The van der Waals surface area contributed by atoms with Crippen LogP contribution in [0.2, 0.25) is 0 Å². The third-order valence-corrected chi connectivity index (χ3v) is 2.11. The zero-order chi connectivity index (χ0) is 10.4.